The molecule has 10 heteroatoms. The number of benzene rings is 1. The molecule has 1 aromatic rings. The standard InChI is InChI=1S/C19H22Cl3NO6/c1-11-10-27-14(8-9-26-18(23)19(20,21)22)16(15(11)28-12(2)24)29-17(25)13-6-4-3-5-7-13/h3-7,11,14-16,23H,8-10H2,1-2H3/t11-,14?,15-,16+/m0/s1. The van der Waals surface area contributed by atoms with Crippen molar-refractivity contribution < 1.29 is 28.5 Å². The minimum absolute atomic E-state index is 0.0159. The lowest BCUT2D eigenvalue weighted by Gasteiger charge is -2.40. The second-order valence-corrected chi connectivity index (χ2v) is 8.90. The molecule has 0 amide bonds. The molecule has 1 fully saturated rings. The lowest BCUT2D eigenvalue weighted by atomic mass is 9.92. The molecule has 0 saturated carbocycles. The first-order valence-corrected chi connectivity index (χ1v) is 10.1. The molecular weight excluding hydrogens is 445 g/mol. The number of ether oxygens (including phenoxy) is 4. The summed E-state index contributed by atoms with van der Waals surface area (Å²) in [4.78, 5) is 24.2. The van der Waals surface area contributed by atoms with E-state index in [1.54, 1.807) is 30.3 Å². The van der Waals surface area contributed by atoms with Crippen LogP contribution >= 0.6 is 34.8 Å². The molecule has 7 nitrogen and oxygen atoms in total. The van der Waals surface area contributed by atoms with Crippen LogP contribution < -0.4 is 0 Å². The molecule has 1 saturated heterocycles. The summed E-state index contributed by atoms with van der Waals surface area (Å²) in [5.41, 5.74) is 0.361. The van der Waals surface area contributed by atoms with Gasteiger partial charge in [0.1, 0.15) is 12.2 Å². The molecule has 1 aliphatic heterocycles. The van der Waals surface area contributed by atoms with E-state index in [0.717, 1.165) is 0 Å². The average Bonchev–Trinajstić information content (AvgIpc) is 2.65. The van der Waals surface area contributed by atoms with E-state index in [1.165, 1.54) is 6.92 Å². The van der Waals surface area contributed by atoms with Crippen LogP contribution in [0.3, 0.4) is 0 Å². The van der Waals surface area contributed by atoms with Crippen LogP contribution in [0.4, 0.5) is 0 Å². The van der Waals surface area contributed by atoms with E-state index in [1.807, 2.05) is 6.92 Å². The zero-order chi connectivity index (χ0) is 21.6. The summed E-state index contributed by atoms with van der Waals surface area (Å²) in [6, 6.07) is 8.46. The van der Waals surface area contributed by atoms with Crippen LogP contribution in [0.1, 0.15) is 30.6 Å². The summed E-state index contributed by atoms with van der Waals surface area (Å²) in [6.07, 6.45) is -1.96. The summed E-state index contributed by atoms with van der Waals surface area (Å²) in [6.45, 7) is 3.41. The number of nitrogens with one attached hydrogen (secondary N) is 1. The van der Waals surface area contributed by atoms with Gasteiger partial charge in [0.25, 0.3) is 3.79 Å². The maximum Gasteiger partial charge on any atom is 0.338 e. The highest BCUT2D eigenvalue weighted by Crippen LogP contribution is 2.30. The Morgan fingerprint density at radius 3 is 2.41 bits per heavy atom. The molecule has 1 unspecified atom stereocenters. The third kappa shape index (κ3) is 7.03. The highest BCUT2D eigenvalue weighted by atomic mass is 35.6. The zero-order valence-electron chi connectivity index (χ0n) is 15.9. The Morgan fingerprint density at radius 1 is 1.17 bits per heavy atom. The van der Waals surface area contributed by atoms with Gasteiger partial charge in [-0.05, 0) is 12.1 Å². The van der Waals surface area contributed by atoms with E-state index < -0.39 is 39.9 Å². The first kappa shape index (κ1) is 23.7. The van der Waals surface area contributed by atoms with Gasteiger partial charge in [-0.25, -0.2) is 4.79 Å². The molecule has 0 aliphatic carbocycles. The van der Waals surface area contributed by atoms with Crippen molar-refractivity contribution in [3.63, 3.8) is 0 Å². The first-order chi connectivity index (χ1) is 13.6. The van der Waals surface area contributed by atoms with Gasteiger partial charge < -0.3 is 18.9 Å². The SMILES string of the molecule is CC(=O)O[C@@H]1[C@H](OC(=O)c2ccccc2)C(CCOC(=N)C(Cl)(Cl)Cl)OC[C@@H]1C. The van der Waals surface area contributed by atoms with Crippen LogP contribution in [0.15, 0.2) is 30.3 Å². The van der Waals surface area contributed by atoms with Gasteiger partial charge in [0.15, 0.2) is 6.10 Å². The van der Waals surface area contributed by atoms with Crippen molar-refractivity contribution in [1.82, 2.24) is 0 Å². The molecule has 0 aromatic heterocycles. The average molecular weight is 467 g/mol. The third-order valence-corrected chi connectivity index (χ3v) is 4.80. The molecule has 0 bridgehead atoms. The van der Waals surface area contributed by atoms with Crippen molar-refractivity contribution in [3.05, 3.63) is 35.9 Å². The fourth-order valence-electron chi connectivity index (χ4n) is 2.89. The normalized spacial score (nSPS) is 24.4. The summed E-state index contributed by atoms with van der Waals surface area (Å²) in [5.74, 6) is -1.77. The maximum atomic E-state index is 12.6. The minimum Gasteiger partial charge on any atom is -0.478 e. The van der Waals surface area contributed by atoms with Gasteiger partial charge in [-0.15, -0.1) is 0 Å². The molecule has 160 valence electrons. The predicted octanol–water partition coefficient (Wildman–Crippen LogP) is 3.93. The molecule has 1 N–H and O–H groups in total. The van der Waals surface area contributed by atoms with Gasteiger partial charge in [0, 0.05) is 19.3 Å². The van der Waals surface area contributed by atoms with Crippen LogP contribution in [0.5, 0.6) is 0 Å². The van der Waals surface area contributed by atoms with Crippen molar-refractivity contribution in [2.75, 3.05) is 13.2 Å². The van der Waals surface area contributed by atoms with Crippen molar-refractivity contribution in [2.24, 2.45) is 5.92 Å². The number of rotatable bonds is 6. The Balaban J connectivity index is 2.12. The van der Waals surface area contributed by atoms with Gasteiger partial charge in [-0.2, -0.15) is 0 Å². The molecular formula is C19H22Cl3NO6. The predicted molar refractivity (Wildman–Crippen MR) is 109 cm³/mol. The van der Waals surface area contributed by atoms with Crippen molar-refractivity contribution in [3.8, 4) is 0 Å². The number of carbonyl (C=O) groups is 2. The molecule has 1 aromatic carbocycles. The van der Waals surface area contributed by atoms with Crippen LogP contribution in [-0.4, -0.2) is 53.2 Å². The largest absolute Gasteiger partial charge is 0.478 e. The summed E-state index contributed by atoms with van der Waals surface area (Å²) in [5, 5.41) is 7.58. The van der Waals surface area contributed by atoms with E-state index in [-0.39, 0.29) is 18.9 Å². The number of hydrogen-bond acceptors (Lipinski definition) is 7. The highest BCUT2D eigenvalue weighted by Gasteiger charge is 2.43. The summed E-state index contributed by atoms with van der Waals surface area (Å²) >= 11 is 16.8. The highest BCUT2D eigenvalue weighted by molar-refractivity contribution is 6.76. The Hall–Kier alpha value is -1.54. The van der Waals surface area contributed by atoms with E-state index in [4.69, 9.17) is 59.2 Å². The van der Waals surface area contributed by atoms with Crippen LogP contribution in [0.2, 0.25) is 0 Å². The molecule has 2 rings (SSSR count). The molecule has 0 spiro atoms. The Kier molecular flexibility index (Phi) is 8.58. The van der Waals surface area contributed by atoms with Gasteiger partial charge >= 0.3 is 11.9 Å². The number of esters is 2. The quantitative estimate of drug-likeness (QED) is 0.295. The maximum absolute atomic E-state index is 12.6. The summed E-state index contributed by atoms with van der Waals surface area (Å²) < 4.78 is 20.1. The van der Waals surface area contributed by atoms with E-state index in [9.17, 15) is 9.59 Å². The number of carbonyl (C=O) groups excluding carboxylic acids is 2. The molecule has 0 radical (unpaired) electrons. The first-order valence-electron chi connectivity index (χ1n) is 8.93. The Morgan fingerprint density at radius 2 is 1.83 bits per heavy atom. The molecule has 4 atom stereocenters. The second kappa shape index (κ2) is 10.5. The van der Waals surface area contributed by atoms with E-state index >= 15 is 0 Å². The van der Waals surface area contributed by atoms with Gasteiger partial charge in [0.2, 0.25) is 5.90 Å². The van der Waals surface area contributed by atoms with Crippen LogP contribution in [0.25, 0.3) is 0 Å². The number of alkyl halides is 3. The molecule has 1 aliphatic rings. The van der Waals surface area contributed by atoms with Crippen LogP contribution in [0, 0.1) is 11.3 Å². The second-order valence-electron chi connectivity index (χ2n) is 6.62. The van der Waals surface area contributed by atoms with Gasteiger partial charge in [-0.1, -0.05) is 59.9 Å². The lowest BCUT2D eigenvalue weighted by Crippen LogP contribution is -2.53. The third-order valence-electron chi connectivity index (χ3n) is 4.29. The van der Waals surface area contributed by atoms with Crippen molar-refractivity contribution >= 4 is 52.6 Å². The van der Waals surface area contributed by atoms with Crippen LogP contribution in [-0.2, 0) is 23.7 Å². The Bertz CT molecular complexity index is 724. The molecule has 1 heterocycles. The fraction of sp³-hybridized carbons (Fsp3) is 0.526. The van der Waals surface area contributed by atoms with Crippen molar-refractivity contribution in [2.45, 2.75) is 42.4 Å². The molecule has 29 heavy (non-hydrogen) atoms. The number of halogens is 3. The smallest absolute Gasteiger partial charge is 0.338 e. The topological polar surface area (TPSA) is 94.9 Å². The zero-order valence-corrected chi connectivity index (χ0v) is 18.2. The minimum atomic E-state index is -1.97. The van der Waals surface area contributed by atoms with E-state index in [2.05, 4.69) is 0 Å². The van der Waals surface area contributed by atoms with Crippen molar-refractivity contribution in [1.29, 1.82) is 5.41 Å². The number of hydrogen-bond donors (Lipinski definition) is 1. The fourth-order valence-corrected chi connectivity index (χ4v) is 3.05. The van der Waals surface area contributed by atoms with Gasteiger partial charge in [0.05, 0.1) is 18.8 Å². The summed E-state index contributed by atoms with van der Waals surface area (Å²) in [7, 11) is 0. The van der Waals surface area contributed by atoms with Gasteiger partial charge in [-0.3, -0.25) is 10.2 Å². The van der Waals surface area contributed by atoms with E-state index in [0.29, 0.717) is 12.2 Å². The lowest BCUT2D eigenvalue weighted by molar-refractivity contribution is -0.191. The monoisotopic (exact) mass is 465 g/mol. The Labute approximate surface area is 184 Å².